The molecule has 0 aromatic heterocycles. The molecule has 106 valence electrons. The third-order valence-electron chi connectivity index (χ3n) is 3.72. The first kappa shape index (κ1) is 14.0. The van der Waals surface area contributed by atoms with Gasteiger partial charge in [0, 0.05) is 24.5 Å². The maximum Gasteiger partial charge on any atom is 0.418 e. The van der Waals surface area contributed by atoms with Gasteiger partial charge >= 0.3 is 6.18 Å². The molecule has 1 saturated heterocycles. The van der Waals surface area contributed by atoms with Gasteiger partial charge in [0.15, 0.2) is 0 Å². The molecule has 1 fully saturated rings. The van der Waals surface area contributed by atoms with E-state index in [1.807, 2.05) is 4.90 Å². The summed E-state index contributed by atoms with van der Waals surface area (Å²) in [6, 6.07) is 4.21. The molecular formula is C14H19F3N2. The van der Waals surface area contributed by atoms with Crippen molar-refractivity contribution >= 4 is 11.4 Å². The highest BCUT2D eigenvalue weighted by Crippen LogP contribution is 2.36. The number of nitrogens with zero attached hydrogens (tertiary/aromatic N) is 1. The van der Waals surface area contributed by atoms with Gasteiger partial charge in [0.2, 0.25) is 0 Å². The molecule has 0 spiro atoms. The van der Waals surface area contributed by atoms with Crippen LogP contribution in [0.1, 0.15) is 31.7 Å². The molecule has 0 radical (unpaired) electrons. The van der Waals surface area contributed by atoms with Crippen LogP contribution in [0.25, 0.3) is 0 Å². The highest BCUT2D eigenvalue weighted by Gasteiger charge is 2.33. The van der Waals surface area contributed by atoms with Gasteiger partial charge in [-0.1, -0.05) is 6.92 Å². The Labute approximate surface area is 111 Å². The van der Waals surface area contributed by atoms with Gasteiger partial charge < -0.3 is 10.6 Å². The molecule has 1 heterocycles. The Morgan fingerprint density at radius 3 is 2.63 bits per heavy atom. The Morgan fingerprint density at radius 2 is 1.95 bits per heavy atom. The van der Waals surface area contributed by atoms with E-state index < -0.39 is 11.7 Å². The fraction of sp³-hybridized carbons (Fsp3) is 0.571. The summed E-state index contributed by atoms with van der Waals surface area (Å²) >= 11 is 0. The topological polar surface area (TPSA) is 29.3 Å². The first-order valence-electron chi connectivity index (χ1n) is 6.59. The number of nitrogen functional groups attached to an aromatic ring is 1. The van der Waals surface area contributed by atoms with Crippen LogP contribution in [0.2, 0.25) is 0 Å². The number of hydrogen-bond acceptors (Lipinski definition) is 2. The molecule has 5 heteroatoms. The Hall–Kier alpha value is -1.39. The summed E-state index contributed by atoms with van der Waals surface area (Å²) in [6.07, 6.45) is -1.21. The molecule has 1 aromatic carbocycles. The van der Waals surface area contributed by atoms with E-state index in [0.29, 0.717) is 11.6 Å². The van der Waals surface area contributed by atoms with Crippen LogP contribution < -0.4 is 10.6 Å². The van der Waals surface area contributed by atoms with E-state index in [4.69, 9.17) is 5.73 Å². The number of halogens is 3. The fourth-order valence-corrected chi connectivity index (χ4v) is 2.51. The normalized spacial score (nSPS) is 21.3. The van der Waals surface area contributed by atoms with E-state index in [1.54, 1.807) is 6.07 Å². The average molecular weight is 272 g/mol. The molecule has 2 nitrogen and oxygen atoms in total. The Bertz CT molecular complexity index is 443. The van der Waals surface area contributed by atoms with Gasteiger partial charge in [-0.2, -0.15) is 13.2 Å². The van der Waals surface area contributed by atoms with Gasteiger partial charge in [-0.3, -0.25) is 0 Å². The fourth-order valence-electron chi connectivity index (χ4n) is 2.51. The van der Waals surface area contributed by atoms with E-state index in [2.05, 4.69) is 6.92 Å². The van der Waals surface area contributed by atoms with Crippen LogP contribution in [0.3, 0.4) is 0 Å². The number of benzene rings is 1. The van der Waals surface area contributed by atoms with Crippen molar-refractivity contribution < 1.29 is 13.2 Å². The lowest BCUT2D eigenvalue weighted by Crippen LogP contribution is -2.24. The number of hydrogen-bond donors (Lipinski definition) is 1. The van der Waals surface area contributed by atoms with Gasteiger partial charge in [0.25, 0.3) is 0 Å². The lowest BCUT2D eigenvalue weighted by Gasteiger charge is -2.24. The molecule has 1 aromatic rings. The molecule has 19 heavy (non-hydrogen) atoms. The van der Waals surface area contributed by atoms with Crippen molar-refractivity contribution in [3.05, 3.63) is 23.8 Å². The molecule has 0 amide bonds. The lowest BCUT2D eigenvalue weighted by atomic mass is 10.0. The van der Waals surface area contributed by atoms with E-state index in [0.717, 1.165) is 32.4 Å². The van der Waals surface area contributed by atoms with E-state index in [1.165, 1.54) is 12.1 Å². The summed E-state index contributed by atoms with van der Waals surface area (Å²) in [5.41, 5.74) is 5.10. The molecule has 0 bridgehead atoms. The van der Waals surface area contributed by atoms with Crippen LogP contribution in [0.5, 0.6) is 0 Å². The van der Waals surface area contributed by atoms with Crippen molar-refractivity contribution in [3.8, 4) is 0 Å². The van der Waals surface area contributed by atoms with Gasteiger partial charge in [-0.15, -0.1) is 0 Å². The molecule has 1 aliphatic rings. The molecular weight excluding hydrogens is 253 g/mol. The largest absolute Gasteiger partial charge is 0.418 e. The van der Waals surface area contributed by atoms with Crippen molar-refractivity contribution in [3.63, 3.8) is 0 Å². The zero-order chi connectivity index (χ0) is 14.0. The summed E-state index contributed by atoms with van der Waals surface area (Å²) in [5, 5.41) is 0. The number of anilines is 2. The monoisotopic (exact) mass is 272 g/mol. The third kappa shape index (κ3) is 3.33. The molecule has 2 rings (SSSR count). The second-order valence-corrected chi connectivity index (χ2v) is 5.29. The standard InChI is InChI=1S/C14H19F3N2/c1-10-3-2-7-19(8-6-10)11-4-5-13(18)12(9-11)14(15,16)17/h4-5,9-10H,2-3,6-8,18H2,1H3. The van der Waals surface area contributed by atoms with Crippen molar-refractivity contribution in [2.45, 2.75) is 32.4 Å². The zero-order valence-corrected chi connectivity index (χ0v) is 11.0. The highest BCUT2D eigenvalue weighted by molar-refractivity contribution is 5.59. The van der Waals surface area contributed by atoms with Crippen LogP contribution in [0, 0.1) is 5.92 Å². The predicted molar refractivity (Wildman–Crippen MR) is 71.1 cm³/mol. The average Bonchev–Trinajstić information content (AvgIpc) is 2.53. The molecule has 1 aliphatic heterocycles. The Balaban J connectivity index is 2.25. The minimum atomic E-state index is -4.39. The van der Waals surface area contributed by atoms with E-state index in [9.17, 15) is 13.2 Å². The van der Waals surface area contributed by atoms with Gasteiger partial charge in [0.05, 0.1) is 5.56 Å². The van der Waals surface area contributed by atoms with Gasteiger partial charge in [-0.25, -0.2) is 0 Å². The number of rotatable bonds is 1. The maximum absolute atomic E-state index is 12.8. The second-order valence-electron chi connectivity index (χ2n) is 5.29. The van der Waals surface area contributed by atoms with Crippen molar-refractivity contribution in [1.82, 2.24) is 0 Å². The van der Waals surface area contributed by atoms with Crippen LogP contribution in [0.15, 0.2) is 18.2 Å². The Morgan fingerprint density at radius 1 is 1.21 bits per heavy atom. The Kier molecular flexibility index (Phi) is 3.92. The van der Waals surface area contributed by atoms with Crippen LogP contribution in [-0.2, 0) is 6.18 Å². The van der Waals surface area contributed by atoms with E-state index >= 15 is 0 Å². The molecule has 0 aliphatic carbocycles. The quantitative estimate of drug-likeness (QED) is 0.785. The van der Waals surface area contributed by atoms with Crippen molar-refractivity contribution in [2.24, 2.45) is 5.92 Å². The number of alkyl halides is 3. The zero-order valence-electron chi connectivity index (χ0n) is 11.0. The van der Waals surface area contributed by atoms with Gasteiger partial charge in [-0.05, 0) is 43.4 Å². The second kappa shape index (κ2) is 5.31. The SMILES string of the molecule is CC1CCCN(c2ccc(N)c(C(F)(F)F)c2)CC1. The summed E-state index contributed by atoms with van der Waals surface area (Å²) in [7, 11) is 0. The maximum atomic E-state index is 12.8. The summed E-state index contributed by atoms with van der Waals surface area (Å²) in [4.78, 5) is 2.03. The van der Waals surface area contributed by atoms with Crippen LogP contribution in [-0.4, -0.2) is 13.1 Å². The third-order valence-corrected chi connectivity index (χ3v) is 3.72. The molecule has 1 atom stereocenters. The minimum absolute atomic E-state index is 0.209. The number of nitrogens with two attached hydrogens (primary N) is 1. The lowest BCUT2D eigenvalue weighted by molar-refractivity contribution is -0.136. The summed E-state index contributed by atoms with van der Waals surface area (Å²) in [6.45, 7) is 3.81. The van der Waals surface area contributed by atoms with Gasteiger partial charge in [0.1, 0.15) is 0 Å². The first-order chi connectivity index (χ1) is 8.88. The van der Waals surface area contributed by atoms with Crippen LogP contribution in [0.4, 0.5) is 24.5 Å². The van der Waals surface area contributed by atoms with E-state index in [-0.39, 0.29) is 5.69 Å². The van der Waals surface area contributed by atoms with Crippen LogP contribution >= 0.6 is 0 Å². The minimum Gasteiger partial charge on any atom is -0.398 e. The van der Waals surface area contributed by atoms with Crippen molar-refractivity contribution in [2.75, 3.05) is 23.7 Å². The molecule has 0 saturated carbocycles. The summed E-state index contributed by atoms with van der Waals surface area (Å²) < 4.78 is 38.5. The summed E-state index contributed by atoms with van der Waals surface area (Å²) in [5.74, 6) is 0.640. The molecule has 1 unspecified atom stereocenters. The predicted octanol–water partition coefficient (Wildman–Crippen LogP) is 3.91. The smallest absolute Gasteiger partial charge is 0.398 e. The first-order valence-corrected chi connectivity index (χ1v) is 6.59. The molecule has 2 N–H and O–H groups in total. The highest BCUT2D eigenvalue weighted by atomic mass is 19.4. The van der Waals surface area contributed by atoms with Crippen molar-refractivity contribution in [1.29, 1.82) is 0 Å².